The fourth-order valence-corrected chi connectivity index (χ4v) is 6.47. The van der Waals surface area contributed by atoms with E-state index in [1.165, 1.54) is 70.6 Å². The van der Waals surface area contributed by atoms with Crippen LogP contribution in [-0.2, 0) is 33.9 Å². The molecule has 1 heterocycles. The minimum absolute atomic E-state index is 0. The molecule has 1 fully saturated rings. The average molecular weight is 837 g/mol. The molecule has 1 aliphatic heterocycles. The molecule has 0 aromatic heterocycles. The van der Waals surface area contributed by atoms with E-state index in [1.54, 1.807) is 24.3 Å². The largest absolute Gasteiger partial charge is 1.00 e. The second kappa shape index (κ2) is 26.4. The van der Waals surface area contributed by atoms with Crippen LogP contribution in [0, 0.1) is 3.57 Å². The van der Waals surface area contributed by atoms with Crippen molar-refractivity contribution >= 4 is 44.6 Å². The van der Waals surface area contributed by atoms with Gasteiger partial charge >= 0.3 is 41.5 Å². The molecule has 0 aliphatic carbocycles. The molecule has 0 amide bonds. The second-order valence-corrected chi connectivity index (χ2v) is 15.2. The predicted octanol–water partition coefficient (Wildman–Crippen LogP) is 1.99. The molecule has 1 aliphatic rings. The first-order chi connectivity index (χ1) is 22.9. The summed E-state index contributed by atoms with van der Waals surface area (Å²) in [6.45, 7) is 1.37. The zero-order valence-corrected chi connectivity index (χ0v) is 34.0. The fourth-order valence-electron chi connectivity index (χ4n) is 5.43. The first-order valence-electron chi connectivity index (χ1n) is 17.3. The molecule has 0 spiro atoms. The van der Waals surface area contributed by atoms with Gasteiger partial charge in [0.2, 0.25) is 0 Å². The maximum absolute atomic E-state index is 12.7. The second-order valence-electron chi connectivity index (χ2n) is 12.5. The van der Waals surface area contributed by atoms with Crippen molar-refractivity contribution < 1.29 is 86.4 Å². The van der Waals surface area contributed by atoms with Gasteiger partial charge < -0.3 is 38.8 Å². The Labute approximate surface area is 327 Å². The molecule has 2 rings (SSSR count). The van der Waals surface area contributed by atoms with Crippen molar-refractivity contribution in [2.45, 2.75) is 146 Å². The molecule has 1 saturated heterocycles. The van der Waals surface area contributed by atoms with Crippen LogP contribution in [0.25, 0.3) is 0 Å². The first kappa shape index (κ1) is 46.6. The van der Waals surface area contributed by atoms with E-state index in [4.69, 9.17) is 18.9 Å². The number of unbranched alkanes of at least 4 members (excludes halogenated alkanes) is 14. The normalized spacial score (nSPS) is 21.5. The molecule has 1 aromatic carbocycles. The third-order valence-corrected chi connectivity index (χ3v) is 9.70. The summed E-state index contributed by atoms with van der Waals surface area (Å²) in [5, 5.41) is 30.6. The average Bonchev–Trinajstić information content (AvgIpc) is 3.04. The van der Waals surface area contributed by atoms with Gasteiger partial charge in [0, 0.05) is 9.99 Å². The van der Waals surface area contributed by atoms with Gasteiger partial charge in [0.05, 0.1) is 28.0 Å². The van der Waals surface area contributed by atoms with Crippen molar-refractivity contribution in [3.8, 4) is 0 Å². The predicted molar refractivity (Wildman–Crippen MR) is 186 cm³/mol. The van der Waals surface area contributed by atoms with Gasteiger partial charge in [-0.05, 0) is 53.3 Å². The summed E-state index contributed by atoms with van der Waals surface area (Å²) in [7, 11) is -4.85. The van der Waals surface area contributed by atoms with Crippen LogP contribution in [0.5, 0.6) is 0 Å². The van der Waals surface area contributed by atoms with Crippen molar-refractivity contribution in [3.63, 3.8) is 0 Å². The van der Waals surface area contributed by atoms with Crippen LogP contribution >= 0.6 is 22.6 Å². The topological polar surface area (TPSA) is 189 Å². The Bertz CT molecular complexity index is 1160. The van der Waals surface area contributed by atoms with Crippen molar-refractivity contribution in [2.75, 3.05) is 19.0 Å². The van der Waals surface area contributed by atoms with Gasteiger partial charge in [-0.15, -0.1) is 0 Å². The number of hydrogen-bond acceptors (Lipinski definition) is 12. The summed E-state index contributed by atoms with van der Waals surface area (Å²) in [5.74, 6) is -2.37. The molecule has 6 atom stereocenters. The summed E-state index contributed by atoms with van der Waals surface area (Å²) < 4.78 is 56.2. The molecule has 1 unspecified atom stereocenters. The number of hydrogen-bond donors (Lipinski definition) is 3. The van der Waals surface area contributed by atoms with Gasteiger partial charge in [0.1, 0.15) is 31.0 Å². The fraction of sp³-hybridized carbons (Fsp3) is 0.765. The van der Waals surface area contributed by atoms with E-state index in [1.807, 2.05) is 0 Å². The van der Waals surface area contributed by atoms with Gasteiger partial charge in [0.25, 0.3) is 0 Å². The number of rotatable bonds is 25. The molecule has 276 valence electrons. The number of carbonyl (C=O) groups excluding carboxylic acids is 2. The Morgan fingerprint density at radius 1 is 0.816 bits per heavy atom. The van der Waals surface area contributed by atoms with Gasteiger partial charge in [-0.2, -0.15) is 0 Å². The molecular weight excluding hydrogens is 782 g/mol. The Kier molecular flexibility index (Phi) is 25.1. The Balaban J connectivity index is 0.0000120. The van der Waals surface area contributed by atoms with Crippen LogP contribution in [-0.4, -0.2) is 96.0 Å². The molecule has 15 heteroatoms. The van der Waals surface area contributed by atoms with Crippen molar-refractivity contribution in [3.05, 3.63) is 33.4 Å². The summed E-state index contributed by atoms with van der Waals surface area (Å²) >= 11 is 2.10. The van der Waals surface area contributed by atoms with E-state index in [0.29, 0.717) is 6.42 Å². The van der Waals surface area contributed by atoms with E-state index < -0.39 is 77.8 Å². The first-order valence-corrected chi connectivity index (χ1v) is 19.9. The number of carbonyl (C=O) groups is 2. The third-order valence-electron chi connectivity index (χ3n) is 8.25. The number of aliphatic hydroxyl groups excluding tert-OH is 3. The Morgan fingerprint density at radius 3 is 1.84 bits per heavy atom. The van der Waals surface area contributed by atoms with E-state index in [2.05, 4.69) is 29.5 Å². The van der Waals surface area contributed by atoms with Gasteiger partial charge in [-0.25, -0.2) is 13.2 Å². The molecule has 12 nitrogen and oxygen atoms in total. The van der Waals surface area contributed by atoms with Gasteiger partial charge in [0.15, 0.2) is 12.4 Å². The monoisotopic (exact) mass is 836 g/mol. The minimum Gasteiger partial charge on any atom is -0.748 e. The summed E-state index contributed by atoms with van der Waals surface area (Å²) in [5.41, 5.74) is 0.282. The van der Waals surface area contributed by atoms with E-state index >= 15 is 0 Å². The van der Waals surface area contributed by atoms with Crippen LogP contribution < -0.4 is 29.6 Å². The number of esters is 2. The Hall–Kier alpha value is -0.400. The number of ether oxygens (including phenoxy) is 4. The van der Waals surface area contributed by atoms with Crippen molar-refractivity contribution in [1.29, 1.82) is 0 Å². The van der Waals surface area contributed by atoms with Crippen LogP contribution in [0.15, 0.2) is 24.3 Å². The van der Waals surface area contributed by atoms with Crippen LogP contribution in [0.1, 0.15) is 120 Å². The van der Waals surface area contributed by atoms with Gasteiger partial charge in [-0.1, -0.05) is 96.8 Å². The molecule has 0 radical (unpaired) electrons. The summed E-state index contributed by atoms with van der Waals surface area (Å²) in [6, 6.07) is 6.63. The summed E-state index contributed by atoms with van der Waals surface area (Å²) in [6.07, 6.45) is 8.01. The number of benzene rings is 1. The number of aliphatic hydroxyl groups is 3. The molecular formula is C34H54INaO12S. The van der Waals surface area contributed by atoms with Gasteiger partial charge in [-0.3, -0.25) is 4.79 Å². The van der Waals surface area contributed by atoms with Crippen LogP contribution in [0.4, 0.5) is 0 Å². The maximum Gasteiger partial charge on any atom is 1.00 e. The van der Waals surface area contributed by atoms with Crippen molar-refractivity contribution in [1.82, 2.24) is 0 Å². The zero-order valence-electron chi connectivity index (χ0n) is 29.0. The standard InChI is InChI=1S/C34H55IO12S.Na/c1-2-3-4-5-6-7-8-9-10-11-12-13-14-15-16-17-29(36)46-27(22-44-33(40)25-18-20-26(35)21-19-25)23-45-34-32(39)31(38)30(37)28(47-34)24-48(41,42)43;/h18-21,27-28,30-32,34,37-39H,2-17,22-24H2,1H3,(H,41,42,43);/q;+1/p-1/t27?,28-,30-,31+,32-,34+;/m1./s1. The summed E-state index contributed by atoms with van der Waals surface area (Å²) in [4.78, 5) is 25.3. The SMILES string of the molecule is CCCCCCCCCCCCCCCCCC(=O)OC(COC(=O)c1ccc(I)cc1)CO[C@H]1O[C@H](CS(=O)(=O)[O-])[C@@H](O)[C@H](O)[C@H]1O.[Na+]. The number of halogens is 1. The third kappa shape index (κ3) is 20.4. The quantitative estimate of drug-likeness (QED) is 0.0428. The minimum atomic E-state index is -4.85. The molecule has 0 bridgehead atoms. The Morgan fingerprint density at radius 2 is 1.33 bits per heavy atom. The zero-order chi connectivity index (χ0) is 35.4. The smallest absolute Gasteiger partial charge is 0.748 e. The molecule has 49 heavy (non-hydrogen) atoms. The van der Waals surface area contributed by atoms with Crippen molar-refractivity contribution in [2.24, 2.45) is 0 Å². The molecule has 3 N–H and O–H groups in total. The van der Waals surface area contributed by atoms with E-state index in [-0.39, 0.29) is 41.5 Å². The van der Waals surface area contributed by atoms with Crippen LogP contribution in [0.3, 0.4) is 0 Å². The van der Waals surface area contributed by atoms with E-state index in [0.717, 1.165) is 22.8 Å². The van der Waals surface area contributed by atoms with E-state index in [9.17, 15) is 37.9 Å². The van der Waals surface area contributed by atoms with Crippen LogP contribution in [0.2, 0.25) is 0 Å². The molecule has 1 aromatic rings. The maximum atomic E-state index is 12.7. The molecule has 0 saturated carbocycles.